The largest absolute Gasteiger partial charge is 0.493 e. The van der Waals surface area contributed by atoms with Gasteiger partial charge < -0.3 is 9.64 Å². The van der Waals surface area contributed by atoms with Crippen LogP contribution in [0.4, 0.5) is 18.9 Å². The van der Waals surface area contributed by atoms with E-state index in [1.54, 1.807) is 0 Å². The van der Waals surface area contributed by atoms with Gasteiger partial charge >= 0.3 is 6.18 Å². The van der Waals surface area contributed by atoms with Gasteiger partial charge in [0.1, 0.15) is 5.75 Å². The van der Waals surface area contributed by atoms with Crippen LogP contribution in [0.25, 0.3) is 11.1 Å². The van der Waals surface area contributed by atoms with Crippen LogP contribution in [0, 0.1) is 0 Å². The summed E-state index contributed by atoms with van der Waals surface area (Å²) in [5.74, 6) is 0.500. The van der Waals surface area contributed by atoms with Crippen molar-refractivity contribution in [3.05, 3.63) is 48.0 Å². The molecular formula is C21H24F3NO. The van der Waals surface area contributed by atoms with Crippen molar-refractivity contribution < 1.29 is 17.9 Å². The van der Waals surface area contributed by atoms with E-state index in [-0.39, 0.29) is 0 Å². The normalized spacial score (nSPS) is 17.1. The molecule has 5 heteroatoms. The molecular weight excluding hydrogens is 339 g/mol. The second-order valence-electron chi connectivity index (χ2n) is 6.79. The maximum absolute atomic E-state index is 13.2. The lowest BCUT2D eigenvalue weighted by atomic mass is 9.98. The van der Waals surface area contributed by atoms with Crippen LogP contribution < -0.4 is 9.64 Å². The van der Waals surface area contributed by atoms with E-state index in [2.05, 4.69) is 18.7 Å². The average Bonchev–Trinajstić information content (AvgIpc) is 2.60. The van der Waals surface area contributed by atoms with E-state index < -0.39 is 11.7 Å². The molecule has 1 atom stereocenters. The Morgan fingerprint density at radius 1 is 1.15 bits per heavy atom. The molecule has 0 amide bonds. The Hall–Kier alpha value is -2.17. The zero-order chi connectivity index (χ0) is 18.7. The quantitative estimate of drug-likeness (QED) is 0.571. The number of benzene rings is 2. The molecule has 0 spiro atoms. The van der Waals surface area contributed by atoms with Crippen molar-refractivity contribution in [1.29, 1.82) is 0 Å². The minimum Gasteiger partial charge on any atom is -0.493 e. The van der Waals surface area contributed by atoms with E-state index >= 15 is 0 Å². The maximum atomic E-state index is 13.2. The molecule has 0 N–H and O–H groups in total. The first-order valence-corrected chi connectivity index (χ1v) is 9.11. The first-order chi connectivity index (χ1) is 12.4. The fourth-order valence-corrected chi connectivity index (χ4v) is 3.14. The third-order valence-electron chi connectivity index (χ3n) is 4.87. The van der Waals surface area contributed by atoms with Gasteiger partial charge in [-0.3, -0.25) is 0 Å². The molecule has 0 aromatic heterocycles. The van der Waals surface area contributed by atoms with Gasteiger partial charge in [0.25, 0.3) is 0 Å². The number of hydrogen-bond acceptors (Lipinski definition) is 2. The molecule has 0 aliphatic carbocycles. The smallest absolute Gasteiger partial charge is 0.416 e. The Kier molecular flexibility index (Phi) is 5.44. The lowest BCUT2D eigenvalue weighted by molar-refractivity contribution is -0.137. The van der Waals surface area contributed by atoms with Crippen molar-refractivity contribution in [2.45, 2.75) is 45.3 Å². The van der Waals surface area contributed by atoms with Crippen molar-refractivity contribution in [3.8, 4) is 16.9 Å². The summed E-state index contributed by atoms with van der Waals surface area (Å²) in [5.41, 5.74) is 1.63. The minimum absolute atomic E-state index is 0.465. The average molecular weight is 363 g/mol. The third kappa shape index (κ3) is 3.97. The molecule has 2 nitrogen and oxygen atoms in total. The van der Waals surface area contributed by atoms with Gasteiger partial charge in [0.05, 0.1) is 12.2 Å². The zero-order valence-electron chi connectivity index (χ0n) is 15.1. The van der Waals surface area contributed by atoms with Crippen LogP contribution in [-0.2, 0) is 6.18 Å². The summed E-state index contributed by atoms with van der Waals surface area (Å²) in [4.78, 5) is 2.26. The molecule has 140 valence electrons. The summed E-state index contributed by atoms with van der Waals surface area (Å²) in [6.07, 6.45) is -1.40. The number of alkyl halides is 3. The molecule has 1 aliphatic heterocycles. The number of nitrogens with zero attached hydrogens (tertiary/aromatic N) is 1. The van der Waals surface area contributed by atoms with Crippen molar-refractivity contribution in [1.82, 2.24) is 0 Å². The summed E-state index contributed by atoms with van der Waals surface area (Å²) in [7, 11) is 0. The second-order valence-corrected chi connectivity index (χ2v) is 6.79. The van der Waals surface area contributed by atoms with Crippen LogP contribution in [0.2, 0.25) is 0 Å². The Morgan fingerprint density at radius 3 is 2.58 bits per heavy atom. The third-order valence-corrected chi connectivity index (χ3v) is 4.87. The molecule has 1 aliphatic rings. The standard InChI is InChI=1S/C21H24F3NO/c1-3-4-12-26-20-9-8-17(21(22,23)24)14-19(20)16-6-5-7-18(13-16)25-11-10-15(25)2/h5-9,13-15H,3-4,10-12H2,1-2H3. The fourth-order valence-electron chi connectivity index (χ4n) is 3.14. The van der Waals surface area contributed by atoms with Crippen LogP contribution >= 0.6 is 0 Å². The van der Waals surface area contributed by atoms with Crippen molar-refractivity contribution >= 4 is 5.69 Å². The van der Waals surface area contributed by atoms with Gasteiger partial charge in [-0.25, -0.2) is 0 Å². The molecule has 3 rings (SSSR count). The molecule has 2 aromatic carbocycles. The van der Waals surface area contributed by atoms with E-state index in [0.29, 0.717) is 24.0 Å². The van der Waals surface area contributed by atoms with Gasteiger partial charge in [-0.05, 0) is 55.7 Å². The molecule has 26 heavy (non-hydrogen) atoms. The number of hydrogen-bond donors (Lipinski definition) is 0. The first kappa shape index (κ1) is 18.6. The lowest BCUT2D eigenvalue weighted by Crippen LogP contribution is -2.45. The molecule has 1 unspecified atom stereocenters. The molecule has 1 heterocycles. The van der Waals surface area contributed by atoms with E-state index in [1.165, 1.54) is 12.1 Å². The highest BCUT2D eigenvalue weighted by Gasteiger charge is 2.31. The molecule has 0 bridgehead atoms. The Bertz CT molecular complexity index is 757. The molecule has 1 fully saturated rings. The van der Waals surface area contributed by atoms with Crippen LogP contribution in [0.3, 0.4) is 0 Å². The second kappa shape index (κ2) is 7.60. The fraction of sp³-hybridized carbons (Fsp3) is 0.429. The number of rotatable bonds is 6. The van der Waals surface area contributed by atoms with Gasteiger partial charge in [-0.1, -0.05) is 25.5 Å². The van der Waals surface area contributed by atoms with E-state index in [0.717, 1.165) is 43.1 Å². The van der Waals surface area contributed by atoms with Crippen LogP contribution in [0.15, 0.2) is 42.5 Å². The summed E-state index contributed by atoms with van der Waals surface area (Å²) in [6, 6.07) is 11.9. The van der Waals surface area contributed by atoms with Gasteiger partial charge in [-0.15, -0.1) is 0 Å². The lowest BCUT2D eigenvalue weighted by Gasteiger charge is -2.41. The Balaban J connectivity index is 1.99. The molecule has 0 saturated carbocycles. The predicted molar refractivity (Wildman–Crippen MR) is 98.7 cm³/mol. The zero-order valence-corrected chi connectivity index (χ0v) is 15.1. The SMILES string of the molecule is CCCCOc1ccc(C(F)(F)F)cc1-c1cccc(N2CCC2C)c1. The van der Waals surface area contributed by atoms with Crippen LogP contribution in [0.5, 0.6) is 5.75 Å². The maximum Gasteiger partial charge on any atom is 0.416 e. The highest BCUT2D eigenvalue weighted by atomic mass is 19.4. The van der Waals surface area contributed by atoms with E-state index in [1.807, 2.05) is 24.3 Å². The summed E-state index contributed by atoms with van der Waals surface area (Å²) >= 11 is 0. The van der Waals surface area contributed by atoms with E-state index in [9.17, 15) is 13.2 Å². The van der Waals surface area contributed by atoms with Crippen molar-refractivity contribution in [2.75, 3.05) is 18.1 Å². The first-order valence-electron chi connectivity index (χ1n) is 9.11. The highest BCUT2D eigenvalue weighted by molar-refractivity contribution is 5.75. The van der Waals surface area contributed by atoms with Gasteiger partial charge in [0.15, 0.2) is 0 Å². The highest BCUT2D eigenvalue weighted by Crippen LogP contribution is 2.39. The Morgan fingerprint density at radius 2 is 1.96 bits per heavy atom. The predicted octanol–water partition coefficient (Wildman–Crippen LogP) is 6.15. The van der Waals surface area contributed by atoms with Crippen molar-refractivity contribution in [3.63, 3.8) is 0 Å². The number of halogens is 3. The van der Waals surface area contributed by atoms with Crippen LogP contribution in [-0.4, -0.2) is 19.2 Å². The monoisotopic (exact) mass is 363 g/mol. The number of anilines is 1. The summed E-state index contributed by atoms with van der Waals surface area (Å²) in [6.45, 7) is 5.68. The number of ether oxygens (including phenoxy) is 1. The van der Waals surface area contributed by atoms with Gasteiger partial charge in [-0.2, -0.15) is 13.2 Å². The van der Waals surface area contributed by atoms with Gasteiger partial charge in [0.2, 0.25) is 0 Å². The van der Waals surface area contributed by atoms with Crippen LogP contribution in [0.1, 0.15) is 38.7 Å². The van der Waals surface area contributed by atoms with E-state index in [4.69, 9.17) is 4.74 Å². The van der Waals surface area contributed by atoms with Gasteiger partial charge in [0, 0.05) is 23.8 Å². The molecule has 0 radical (unpaired) electrons. The summed E-state index contributed by atoms with van der Waals surface area (Å²) < 4.78 is 45.4. The minimum atomic E-state index is -4.37. The number of unbranched alkanes of at least 4 members (excludes halogenated alkanes) is 1. The molecule has 2 aromatic rings. The molecule has 1 saturated heterocycles. The topological polar surface area (TPSA) is 12.5 Å². The Labute approximate surface area is 152 Å². The van der Waals surface area contributed by atoms with Crippen molar-refractivity contribution in [2.24, 2.45) is 0 Å². The summed E-state index contributed by atoms with van der Waals surface area (Å²) in [5, 5.41) is 0.